The number of unbranched alkanes of at least 4 members (excludes halogenated alkanes) is 1. The van der Waals surface area contributed by atoms with Crippen LogP contribution in [0.1, 0.15) is 35.7 Å². The molecule has 0 radical (unpaired) electrons. The Hall–Kier alpha value is -1.58. The number of rotatable bonds is 9. The van der Waals surface area contributed by atoms with Crippen LogP contribution in [0.2, 0.25) is 0 Å². The van der Waals surface area contributed by atoms with Gasteiger partial charge in [-0.05, 0) is 31.0 Å². The van der Waals surface area contributed by atoms with E-state index in [-0.39, 0.29) is 11.7 Å². The van der Waals surface area contributed by atoms with Crippen LogP contribution in [-0.4, -0.2) is 40.7 Å². The van der Waals surface area contributed by atoms with Crippen LogP contribution in [0, 0.1) is 6.92 Å². The van der Waals surface area contributed by atoms with Gasteiger partial charge in [-0.3, -0.25) is 4.79 Å². The smallest absolute Gasteiger partial charge is 0.337 e. The molecule has 0 atom stereocenters. The van der Waals surface area contributed by atoms with Gasteiger partial charge >= 0.3 is 5.97 Å². The highest BCUT2D eigenvalue weighted by Crippen LogP contribution is 2.29. The number of aromatic nitrogens is 2. The zero-order chi connectivity index (χ0) is 18.9. The monoisotopic (exact) mass is 411 g/mol. The summed E-state index contributed by atoms with van der Waals surface area (Å²) in [5.74, 6) is 0.676. The molecule has 1 heterocycles. The zero-order valence-corrected chi connectivity index (χ0v) is 17.4. The molecular formula is C17H21N3O3S3. The first-order valence-electron chi connectivity index (χ1n) is 8.11. The van der Waals surface area contributed by atoms with Gasteiger partial charge in [-0.2, -0.15) is 0 Å². The van der Waals surface area contributed by atoms with Crippen LogP contribution in [0.4, 0.5) is 5.69 Å². The van der Waals surface area contributed by atoms with Crippen molar-refractivity contribution in [3.8, 4) is 0 Å². The van der Waals surface area contributed by atoms with Gasteiger partial charge in [0, 0.05) is 11.4 Å². The minimum atomic E-state index is -0.433. The summed E-state index contributed by atoms with van der Waals surface area (Å²) in [7, 11) is 1.33. The van der Waals surface area contributed by atoms with Crippen LogP contribution >= 0.6 is 34.9 Å². The molecule has 26 heavy (non-hydrogen) atoms. The molecule has 0 bridgehead atoms. The van der Waals surface area contributed by atoms with E-state index >= 15 is 0 Å². The van der Waals surface area contributed by atoms with Crippen molar-refractivity contribution in [1.29, 1.82) is 0 Å². The van der Waals surface area contributed by atoms with Crippen molar-refractivity contribution in [3.63, 3.8) is 0 Å². The Kier molecular flexibility index (Phi) is 8.40. The summed E-state index contributed by atoms with van der Waals surface area (Å²) in [6.07, 6.45) is 2.31. The van der Waals surface area contributed by atoms with Gasteiger partial charge in [-0.15, -0.1) is 10.2 Å². The summed E-state index contributed by atoms with van der Waals surface area (Å²) in [6, 6.07) is 5.07. The van der Waals surface area contributed by atoms with Crippen LogP contribution in [0.25, 0.3) is 0 Å². The Labute approximate surface area is 165 Å². The van der Waals surface area contributed by atoms with E-state index in [0.29, 0.717) is 11.3 Å². The predicted octanol–water partition coefficient (Wildman–Crippen LogP) is 4.26. The minimum absolute atomic E-state index is 0.157. The fourth-order valence-corrected chi connectivity index (χ4v) is 4.91. The van der Waals surface area contributed by atoms with Crippen LogP contribution in [-0.2, 0) is 9.53 Å². The first kappa shape index (κ1) is 20.7. The van der Waals surface area contributed by atoms with E-state index in [2.05, 4.69) is 22.4 Å². The molecule has 6 nitrogen and oxygen atoms in total. The van der Waals surface area contributed by atoms with E-state index in [4.69, 9.17) is 4.74 Å². The highest BCUT2D eigenvalue weighted by atomic mass is 32.2. The van der Waals surface area contributed by atoms with E-state index < -0.39 is 5.97 Å². The third kappa shape index (κ3) is 6.30. The lowest BCUT2D eigenvalue weighted by atomic mass is 10.1. The van der Waals surface area contributed by atoms with E-state index in [0.717, 1.165) is 32.8 Å². The van der Waals surface area contributed by atoms with Crippen molar-refractivity contribution in [1.82, 2.24) is 10.2 Å². The number of nitrogens with one attached hydrogen (secondary N) is 1. The number of ether oxygens (including phenoxy) is 1. The molecule has 0 fully saturated rings. The third-order valence-electron chi connectivity index (χ3n) is 3.37. The SMILES string of the molecule is CCCCSc1nnc(SCC(=O)Nc2cc(C(=O)OC)ccc2C)s1. The Morgan fingerprint density at radius 2 is 1.96 bits per heavy atom. The number of carbonyl (C=O) groups excluding carboxylic acids is 2. The maximum absolute atomic E-state index is 12.2. The maximum Gasteiger partial charge on any atom is 0.337 e. The van der Waals surface area contributed by atoms with Gasteiger partial charge in [0.05, 0.1) is 18.4 Å². The number of methoxy groups -OCH3 is 1. The topological polar surface area (TPSA) is 81.2 Å². The molecule has 1 amide bonds. The molecular weight excluding hydrogens is 390 g/mol. The number of amides is 1. The first-order chi connectivity index (χ1) is 12.5. The summed E-state index contributed by atoms with van der Waals surface area (Å²) >= 11 is 4.56. The average Bonchev–Trinajstić information content (AvgIpc) is 3.09. The lowest BCUT2D eigenvalue weighted by molar-refractivity contribution is -0.113. The van der Waals surface area contributed by atoms with Crippen LogP contribution in [0.15, 0.2) is 26.9 Å². The van der Waals surface area contributed by atoms with Gasteiger partial charge in [0.15, 0.2) is 8.68 Å². The standard InChI is InChI=1S/C17H21N3O3S3/c1-4-5-8-24-16-19-20-17(26-16)25-10-14(21)18-13-9-12(15(22)23-3)7-6-11(13)2/h6-7,9H,4-5,8,10H2,1-3H3,(H,18,21). The summed E-state index contributed by atoms with van der Waals surface area (Å²) in [4.78, 5) is 23.8. The largest absolute Gasteiger partial charge is 0.465 e. The molecule has 0 aliphatic heterocycles. The van der Waals surface area contributed by atoms with Crippen molar-refractivity contribution in [2.24, 2.45) is 0 Å². The molecule has 1 aromatic heterocycles. The minimum Gasteiger partial charge on any atom is -0.465 e. The number of nitrogens with zero attached hydrogens (tertiary/aromatic N) is 2. The number of benzene rings is 1. The summed E-state index contributed by atoms with van der Waals surface area (Å²) in [6.45, 7) is 4.03. The van der Waals surface area contributed by atoms with E-state index in [1.165, 1.54) is 30.2 Å². The van der Waals surface area contributed by atoms with E-state index in [9.17, 15) is 9.59 Å². The van der Waals surface area contributed by atoms with Crippen LogP contribution in [0.3, 0.4) is 0 Å². The van der Waals surface area contributed by atoms with Gasteiger partial charge in [-0.1, -0.05) is 54.3 Å². The molecule has 1 aromatic carbocycles. The molecule has 2 rings (SSSR count). The molecule has 9 heteroatoms. The molecule has 140 valence electrons. The molecule has 0 saturated heterocycles. The van der Waals surface area contributed by atoms with Gasteiger partial charge in [0.2, 0.25) is 5.91 Å². The molecule has 0 aliphatic carbocycles. The molecule has 0 spiro atoms. The zero-order valence-electron chi connectivity index (χ0n) is 14.9. The highest BCUT2D eigenvalue weighted by Gasteiger charge is 2.12. The Balaban J connectivity index is 1.88. The first-order valence-corrected chi connectivity index (χ1v) is 10.9. The van der Waals surface area contributed by atoms with E-state index in [1.54, 1.807) is 30.0 Å². The number of aryl methyl sites for hydroxylation is 1. The summed E-state index contributed by atoms with van der Waals surface area (Å²) in [5.41, 5.74) is 1.88. The molecule has 0 aliphatic rings. The van der Waals surface area contributed by atoms with Gasteiger partial charge in [0.1, 0.15) is 0 Å². The molecule has 0 unspecified atom stereocenters. The normalized spacial score (nSPS) is 10.6. The fraction of sp³-hybridized carbons (Fsp3) is 0.412. The van der Waals surface area contributed by atoms with Crippen molar-refractivity contribution in [2.75, 3.05) is 23.9 Å². The quantitative estimate of drug-likeness (QED) is 0.375. The maximum atomic E-state index is 12.2. The molecule has 2 aromatic rings. The third-order valence-corrected chi connectivity index (χ3v) is 6.65. The number of carbonyl (C=O) groups is 2. The number of anilines is 1. The van der Waals surface area contributed by atoms with Crippen LogP contribution < -0.4 is 5.32 Å². The van der Waals surface area contributed by atoms with Gasteiger partial charge < -0.3 is 10.1 Å². The van der Waals surface area contributed by atoms with E-state index in [1.807, 2.05) is 6.92 Å². The molecule has 1 N–H and O–H groups in total. The summed E-state index contributed by atoms with van der Waals surface area (Å²) < 4.78 is 6.42. The number of thioether (sulfide) groups is 2. The summed E-state index contributed by atoms with van der Waals surface area (Å²) in [5, 5.41) is 11.1. The fourth-order valence-electron chi connectivity index (χ4n) is 1.93. The average molecular weight is 412 g/mol. The molecule has 0 saturated carbocycles. The second kappa shape index (κ2) is 10.5. The second-order valence-electron chi connectivity index (χ2n) is 5.39. The highest BCUT2D eigenvalue weighted by molar-refractivity contribution is 8.03. The Bertz CT molecular complexity index is 765. The van der Waals surface area contributed by atoms with Crippen molar-refractivity contribution < 1.29 is 14.3 Å². The lowest BCUT2D eigenvalue weighted by Gasteiger charge is -2.09. The van der Waals surface area contributed by atoms with Crippen molar-refractivity contribution in [3.05, 3.63) is 29.3 Å². The van der Waals surface area contributed by atoms with Crippen LogP contribution in [0.5, 0.6) is 0 Å². The number of esters is 1. The predicted molar refractivity (Wildman–Crippen MR) is 107 cm³/mol. The second-order valence-corrected chi connectivity index (χ2v) is 8.94. The van der Waals surface area contributed by atoms with Gasteiger partial charge in [0.25, 0.3) is 0 Å². The van der Waals surface area contributed by atoms with Crippen molar-refractivity contribution >= 4 is 52.4 Å². The Morgan fingerprint density at radius 1 is 1.23 bits per heavy atom. The van der Waals surface area contributed by atoms with Gasteiger partial charge in [-0.25, -0.2) is 4.79 Å². The Morgan fingerprint density at radius 3 is 2.65 bits per heavy atom. The number of hydrogen-bond donors (Lipinski definition) is 1. The van der Waals surface area contributed by atoms with Crippen molar-refractivity contribution in [2.45, 2.75) is 35.4 Å². The lowest BCUT2D eigenvalue weighted by Crippen LogP contribution is -2.15. The number of hydrogen-bond acceptors (Lipinski definition) is 8.